The molecule has 1 fully saturated rings. The van der Waals surface area contributed by atoms with Crippen molar-refractivity contribution in [1.29, 1.82) is 5.41 Å². The first-order chi connectivity index (χ1) is 19.4. The first kappa shape index (κ1) is 30.3. The molecule has 1 aromatic heterocycles. The quantitative estimate of drug-likeness (QED) is 0.111. The fourth-order valence-corrected chi connectivity index (χ4v) is 7.26. The second kappa shape index (κ2) is 12.5. The molecule has 16 nitrogen and oxygen atoms in total. The molecule has 4 heterocycles. The number of β-lactam (4-membered cyclic amide) rings is 1. The van der Waals surface area contributed by atoms with Crippen LogP contribution in [0.25, 0.3) is 0 Å². The molecule has 1 aromatic rings. The van der Waals surface area contributed by atoms with E-state index in [4.69, 9.17) is 26.8 Å². The number of carbonyl (C=O) groups is 4. The van der Waals surface area contributed by atoms with Gasteiger partial charge in [0.2, 0.25) is 6.10 Å². The molecule has 2 unspecified atom stereocenters. The van der Waals surface area contributed by atoms with E-state index in [0.717, 1.165) is 16.2 Å². The average molecular weight is 626 g/mol. The molecule has 220 valence electrons. The predicted octanol–water partition coefficient (Wildman–Crippen LogP) is -0.265. The maximum atomic E-state index is 13.1. The number of thiazole rings is 1. The molecule has 4 atom stereocenters. The smallest absolute Gasteiger partial charge is 0.352 e. The monoisotopic (exact) mass is 625 g/mol. The number of hydrogen-bond acceptors (Lipinski definition) is 14. The van der Waals surface area contributed by atoms with Gasteiger partial charge in [-0.15, -0.1) is 23.1 Å². The Balaban J connectivity index is 1.50. The molecule has 4 rings (SSSR count). The number of nitrogens with one attached hydrogen (secondary N) is 2. The van der Waals surface area contributed by atoms with Crippen LogP contribution in [0.4, 0.5) is 5.13 Å². The second-order valence-electron chi connectivity index (χ2n) is 8.90. The van der Waals surface area contributed by atoms with Gasteiger partial charge >= 0.3 is 11.9 Å². The van der Waals surface area contributed by atoms with E-state index in [2.05, 4.69) is 20.4 Å². The average Bonchev–Trinajstić information content (AvgIpc) is 3.34. The zero-order chi connectivity index (χ0) is 30.0. The number of oxime groups is 1. The predicted molar refractivity (Wildman–Crippen MR) is 154 cm³/mol. The van der Waals surface area contributed by atoms with Crippen molar-refractivity contribution >= 4 is 80.5 Å². The number of rotatable bonds is 10. The van der Waals surface area contributed by atoms with Gasteiger partial charge in [-0.1, -0.05) is 16.9 Å². The van der Waals surface area contributed by atoms with Crippen LogP contribution >= 0.6 is 34.9 Å². The van der Waals surface area contributed by atoms with Gasteiger partial charge in [0.15, 0.2) is 16.0 Å². The summed E-state index contributed by atoms with van der Waals surface area (Å²) in [5.74, 6) is -3.50. The summed E-state index contributed by atoms with van der Waals surface area (Å²) in [7, 11) is 0. The van der Waals surface area contributed by atoms with E-state index in [1.54, 1.807) is 0 Å². The van der Waals surface area contributed by atoms with Crippen molar-refractivity contribution < 1.29 is 34.2 Å². The van der Waals surface area contributed by atoms with Gasteiger partial charge in [-0.05, 0) is 19.4 Å². The summed E-state index contributed by atoms with van der Waals surface area (Å²) in [6.45, 7) is 3.68. The van der Waals surface area contributed by atoms with Crippen LogP contribution in [0, 0.1) is 5.41 Å². The van der Waals surface area contributed by atoms with Crippen LogP contribution in [0.3, 0.4) is 0 Å². The van der Waals surface area contributed by atoms with Gasteiger partial charge in [0.05, 0.1) is 6.17 Å². The zero-order valence-electron chi connectivity index (χ0n) is 21.8. The highest BCUT2D eigenvalue weighted by molar-refractivity contribution is 8.14. The van der Waals surface area contributed by atoms with Crippen LogP contribution in [0.1, 0.15) is 26.0 Å². The lowest BCUT2D eigenvalue weighted by Gasteiger charge is -2.49. The van der Waals surface area contributed by atoms with Crippen molar-refractivity contribution in [2.45, 2.75) is 44.0 Å². The third kappa shape index (κ3) is 6.31. The van der Waals surface area contributed by atoms with Crippen LogP contribution in [0.5, 0.6) is 0 Å². The molecular formula is C22H27N9O7S3. The molecule has 19 heteroatoms. The van der Waals surface area contributed by atoms with Gasteiger partial charge in [0.1, 0.15) is 28.6 Å². The molecule has 0 spiro atoms. The van der Waals surface area contributed by atoms with Gasteiger partial charge in [0, 0.05) is 29.9 Å². The summed E-state index contributed by atoms with van der Waals surface area (Å²) in [6.07, 6.45) is -1.46. The number of thioether (sulfide) groups is 2. The van der Waals surface area contributed by atoms with E-state index in [1.807, 2.05) is 11.8 Å². The van der Waals surface area contributed by atoms with Gasteiger partial charge in [-0.3, -0.25) is 19.9 Å². The van der Waals surface area contributed by atoms with Crippen molar-refractivity contribution in [2.75, 3.05) is 23.8 Å². The molecule has 0 aliphatic carbocycles. The van der Waals surface area contributed by atoms with Gasteiger partial charge < -0.3 is 36.7 Å². The topological polar surface area (TPSA) is 250 Å². The molecule has 3 aliphatic heterocycles. The Labute approximate surface area is 245 Å². The van der Waals surface area contributed by atoms with Gasteiger partial charge in [0.25, 0.3) is 11.8 Å². The highest BCUT2D eigenvalue weighted by atomic mass is 32.2. The van der Waals surface area contributed by atoms with Crippen molar-refractivity contribution in [2.24, 2.45) is 15.9 Å². The Hall–Kier alpha value is -3.68. The lowest BCUT2D eigenvalue weighted by molar-refractivity contribution is -0.150. The lowest BCUT2D eigenvalue weighted by atomic mass is 10.0. The van der Waals surface area contributed by atoms with Crippen LogP contribution in [0.15, 0.2) is 26.8 Å². The largest absolute Gasteiger partial charge is 0.478 e. The third-order valence-electron chi connectivity index (χ3n) is 6.16. The van der Waals surface area contributed by atoms with Crippen molar-refractivity contribution in [3.8, 4) is 0 Å². The van der Waals surface area contributed by atoms with Crippen LogP contribution in [-0.4, -0.2) is 107 Å². The van der Waals surface area contributed by atoms with Crippen LogP contribution < -0.4 is 16.8 Å². The third-order valence-corrected chi connectivity index (χ3v) is 9.25. The van der Waals surface area contributed by atoms with E-state index in [0.29, 0.717) is 23.7 Å². The maximum absolute atomic E-state index is 13.1. The molecule has 2 amide bonds. The van der Waals surface area contributed by atoms with Gasteiger partial charge in [-0.2, -0.15) is 0 Å². The molecule has 0 aromatic carbocycles. The number of amides is 2. The molecular weight excluding hydrogens is 598 g/mol. The number of aliphatic carboxylic acids is 2. The minimum Gasteiger partial charge on any atom is -0.478 e. The van der Waals surface area contributed by atoms with E-state index in [9.17, 15) is 24.3 Å². The number of carboxylic acid groups (broad SMARTS) is 2. The minimum atomic E-state index is -1.37. The summed E-state index contributed by atoms with van der Waals surface area (Å²) in [5.41, 5.74) is 11.7. The summed E-state index contributed by atoms with van der Waals surface area (Å²) >= 11 is 3.54. The van der Waals surface area contributed by atoms with Gasteiger partial charge in [-0.25, -0.2) is 19.6 Å². The molecule has 0 radical (unpaired) electrons. The molecule has 3 aliphatic rings. The lowest BCUT2D eigenvalue weighted by Crippen LogP contribution is -2.71. The zero-order valence-corrected chi connectivity index (χ0v) is 24.2. The number of aliphatic imine (C=N–C) groups is 1. The Morgan fingerprint density at radius 2 is 2.12 bits per heavy atom. The summed E-state index contributed by atoms with van der Waals surface area (Å²) in [5, 5.41) is 34.5. The molecule has 0 bridgehead atoms. The van der Waals surface area contributed by atoms with E-state index in [-0.39, 0.29) is 39.6 Å². The van der Waals surface area contributed by atoms with Crippen molar-refractivity contribution in [3.05, 3.63) is 22.3 Å². The normalized spacial score (nSPS) is 23.4. The van der Waals surface area contributed by atoms with Crippen molar-refractivity contribution in [1.82, 2.24) is 20.1 Å². The molecule has 41 heavy (non-hydrogen) atoms. The minimum absolute atomic E-state index is 0.0208. The van der Waals surface area contributed by atoms with Crippen molar-refractivity contribution in [3.63, 3.8) is 0 Å². The number of carbonyl (C=O) groups excluding carboxylic acids is 2. The Bertz CT molecular complexity index is 1380. The van der Waals surface area contributed by atoms with E-state index in [1.165, 1.54) is 35.8 Å². The highest BCUT2D eigenvalue weighted by Crippen LogP contribution is 2.41. The number of aromatic nitrogens is 1. The SMILES string of the molecule is CCN1C(SCC2=C(C(=O)O)N3C(=O)C(NC(=O)C(=NO[C@H](C)C(=O)O)c4csc(N)n4)[C@@H]3SC2)=NC(=N)CC1N. The number of hydrogen-bond donors (Lipinski definition) is 6. The number of nitrogen functional groups attached to an aromatic ring is 1. The Morgan fingerprint density at radius 1 is 1.39 bits per heavy atom. The number of carboxylic acids is 2. The Kier molecular flexibility index (Phi) is 9.20. The number of fused-ring (bicyclic) bond motifs is 1. The fraction of sp³-hybridized carbons (Fsp3) is 0.455. The van der Waals surface area contributed by atoms with E-state index < -0.39 is 47.4 Å². The fourth-order valence-electron chi connectivity index (χ4n) is 4.09. The molecule has 8 N–H and O–H groups in total. The number of anilines is 1. The first-order valence-corrected chi connectivity index (χ1v) is 15.0. The van der Waals surface area contributed by atoms with Crippen LogP contribution in [0.2, 0.25) is 0 Å². The van der Waals surface area contributed by atoms with E-state index >= 15 is 0 Å². The number of nitrogens with two attached hydrogens (primary N) is 2. The summed E-state index contributed by atoms with van der Waals surface area (Å²) in [4.78, 5) is 65.7. The Morgan fingerprint density at radius 3 is 2.73 bits per heavy atom. The second-order valence-corrected chi connectivity index (χ2v) is 11.8. The number of amidine groups is 2. The maximum Gasteiger partial charge on any atom is 0.352 e. The molecule has 0 saturated carbocycles. The summed E-state index contributed by atoms with van der Waals surface area (Å²) in [6, 6.07) is -1.08. The van der Waals surface area contributed by atoms with Crippen LogP contribution in [-0.2, 0) is 24.0 Å². The first-order valence-electron chi connectivity index (χ1n) is 12.1. The molecule has 1 saturated heterocycles. The summed E-state index contributed by atoms with van der Waals surface area (Å²) < 4.78 is 0. The standard InChI is InChI=1S/C22H27N9O7S3/c1-3-30-12(24)4-11(23)27-22(30)41-6-9-5-39-18-14(17(33)31(18)15(9)20(36)37)28-16(32)13(10-7-40-21(25)26-10)29-38-8(2)19(34)35/h7-8,12,14,18,23H,3-6,24H2,1-2H3,(H2,25,26)(H,28,32)(H,34,35)(H,36,37)/t8-,12?,14?,18+/m1/s1. The highest BCUT2D eigenvalue weighted by Gasteiger charge is 2.54. The number of nitrogens with zero attached hydrogens (tertiary/aromatic N) is 5.